The smallest absolute Gasteiger partial charge is 0.240 e. The molecule has 24 heavy (non-hydrogen) atoms. The second kappa shape index (κ2) is 8.23. The van der Waals surface area contributed by atoms with Gasteiger partial charge in [0.1, 0.15) is 6.61 Å². The number of hydrogen-bond acceptors (Lipinski definition) is 6. The number of rotatable bonds is 6. The van der Waals surface area contributed by atoms with E-state index in [1.54, 1.807) is 12.7 Å². The van der Waals surface area contributed by atoms with Crippen LogP contribution < -0.4 is 0 Å². The van der Waals surface area contributed by atoms with Gasteiger partial charge in [0.15, 0.2) is 5.82 Å². The van der Waals surface area contributed by atoms with Crippen LogP contribution in [0.25, 0.3) is 0 Å². The Morgan fingerprint density at radius 1 is 1.25 bits per heavy atom. The number of nitrogens with zero attached hydrogens (tertiary/aromatic N) is 4. The molecule has 1 aliphatic heterocycles. The third kappa shape index (κ3) is 4.43. The highest BCUT2D eigenvalue weighted by molar-refractivity contribution is 5.09. The van der Waals surface area contributed by atoms with Crippen molar-refractivity contribution in [3.63, 3.8) is 0 Å². The maximum atomic E-state index is 5.29. The highest BCUT2D eigenvalue weighted by Crippen LogP contribution is 2.30. The highest BCUT2D eigenvalue weighted by Gasteiger charge is 2.26. The number of ether oxygens (including phenoxy) is 1. The van der Waals surface area contributed by atoms with Crippen molar-refractivity contribution in [3.8, 4) is 0 Å². The largest absolute Gasteiger partial charge is 0.377 e. The lowest BCUT2D eigenvalue weighted by Crippen LogP contribution is -2.48. The maximum Gasteiger partial charge on any atom is 0.240 e. The molecule has 0 bridgehead atoms. The lowest BCUT2D eigenvalue weighted by molar-refractivity contribution is 0.0994. The number of aromatic nitrogens is 2. The van der Waals surface area contributed by atoms with E-state index in [1.807, 2.05) is 0 Å². The zero-order valence-electron chi connectivity index (χ0n) is 15.2. The summed E-state index contributed by atoms with van der Waals surface area (Å²) in [6.45, 7) is 11.4. The van der Waals surface area contributed by atoms with Crippen LogP contribution in [-0.2, 0) is 17.9 Å². The van der Waals surface area contributed by atoms with Crippen molar-refractivity contribution in [2.45, 2.75) is 39.8 Å². The Morgan fingerprint density at radius 3 is 2.71 bits per heavy atom. The molecule has 134 valence electrons. The first-order valence-corrected chi connectivity index (χ1v) is 9.07. The van der Waals surface area contributed by atoms with E-state index in [0.717, 1.165) is 44.6 Å². The van der Waals surface area contributed by atoms with Gasteiger partial charge < -0.3 is 14.2 Å². The summed E-state index contributed by atoms with van der Waals surface area (Å²) in [6, 6.07) is 0. The van der Waals surface area contributed by atoms with Gasteiger partial charge in [0.2, 0.25) is 5.89 Å². The van der Waals surface area contributed by atoms with Gasteiger partial charge in [-0.15, -0.1) is 0 Å². The summed E-state index contributed by atoms with van der Waals surface area (Å²) in [4.78, 5) is 9.37. The van der Waals surface area contributed by atoms with Crippen molar-refractivity contribution in [2.24, 2.45) is 11.8 Å². The zero-order chi connectivity index (χ0) is 16.9. The van der Waals surface area contributed by atoms with Gasteiger partial charge in [-0.05, 0) is 31.6 Å². The average Bonchev–Trinajstić information content (AvgIpc) is 3.00. The van der Waals surface area contributed by atoms with E-state index in [2.05, 4.69) is 39.9 Å². The molecule has 0 aromatic carbocycles. The maximum absolute atomic E-state index is 5.29. The van der Waals surface area contributed by atoms with Crippen LogP contribution in [0, 0.1) is 11.8 Å². The van der Waals surface area contributed by atoms with E-state index in [-0.39, 0.29) is 0 Å². The molecule has 2 atom stereocenters. The summed E-state index contributed by atoms with van der Waals surface area (Å²) >= 11 is 0. The molecule has 2 heterocycles. The summed E-state index contributed by atoms with van der Waals surface area (Å²) in [5.74, 6) is 2.86. The molecule has 0 amide bonds. The topological polar surface area (TPSA) is 54.6 Å². The fraction of sp³-hybridized carbons (Fsp3) is 0.778. The van der Waals surface area contributed by atoms with E-state index in [9.17, 15) is 0 Å². The number of allylic oxidation sites excluding steroid dienone is 1. The lowest BCUT2D eigenvalue weighted by Gasteiger charge is -2.38. The summed E-state index contributed by atoms with van der Waals surface area (Å²) in [5.41, 5.74) is 1.59. The number of hydrogen-bond donors (Lipinski definition) is 0. The number of methoxy groups -OCH3 is 1. The SMILES string of the molecule is COCc1noc(CN2CCN(C[C@@H]3C(C)=CCC[C@@H]3C)CC2)n1. The molecular formula is C18H30N4O2. The Kier molecular flexibility index (Phi) is 6.03. The molecule has 1 aliphatic carbocycles. The molecule has 1 aromatic rings. The van der Waals surface area contributed by atoms with Crippen LogP contribution in [0.2, 0.25) is 0 Å². The Labute approximate surface area is 144 Å². The van der Waals surface area contributed by atoms with Gasteiger partial charge in [-0.25, -0.2) is 0 Å². The van der Waals surface area contributed by atoms with Crippen molar-refractivity contribution in [3.05, 3.63) is 23.4 Å². The summed E-state index contributed by atoms with van der Waals surface area (Å²) < 4.78 is 10.3. The molecule has 3 rings (SSSR count). The molecule has 1 saturated heterocycles. The molecule has 0 radical (unpaired) electrons. The quantitative estimate of drug-likeness (QED) is 0.744. The minimum atomic E-state index is 0.406. The van der Waals surface area contributed by atoms with Gasteiger partial charge >= 0.3 is 0 Å². The summed E-state index contributed by atoms with van der Waals surface area (Å²) in [5, 5.41) is 3.93. The highest BCUT2D eigenvalue weighted by atomic mass is 16.5. The molecule has 6 heteroatoms. The van der Waals surface area contributed by atoms with E-state index < -0.39 is 0 Å². The third-order valence-electron chi connectivity index (χ3n) is 5.42. The predicted molar refractivity (Wildman–Crippen MR) is 92.4 cm³/mol. The Morgan fingerprint density at radius 2 is 2.00 bits per heavy atom. The van der Waals surface area contributed by atoms with Crippen molar-refractivity contribution < 1.29 is 9.26 Å². The molecule has 1 fully saturated rings. The third-order valence-corrected chi connectivity index (χ3v) is 5.42. The Bertz CT molecular complexity index is 549. The van der Waals surface area contributed by atoms with Crippen LogP contribution in [0.1, 0.15) is 38.4 Å². The van der Waals surface area contributed by atoms with Crippen LogP contribution in [0.5, 0.6) is 0 Å². The van der Waals surface area contributed by atoms with E-state index in [0.29, 0.717) is 18.3 Å². The van der Waals surface area contributed by atoms with Crippen LogP contribution in [0.4, 0.5) is 0 Å². The molecule has 2 aliphatic rings. The lowest BCUT2D eigenvalue weighted by atomic mass is 9.80. The fourth-order valence-electron chi connectivity index (χ4n) is 3.84. The Hall–Kier alpha value is -1.24. The van der Waals surface area contributed by atoms with Crippen LogP contribution in [0.3, 0.4) is 0 Å². The molecular weight excluding hydrogens is 304 g/mol. The standard InChI is InChI=1S/C18H30N4O2/c1-14-5-4-6-15(2)16(14)11-21-7-9-22(10-8-21)12-18-19-17(13-23-3)20-24-18/h5,15-16H,4,6-13H2,1-3H3/t15-,16+/m0/s1. The van der Waals surface area contributed by atoms with Crippen LogP contribution >= 0.6 is 0 Å². The molecule has 0 spiro atoms. The van der Waals surface area contributed by atoms with Crippen molar-refractivity contribution in [1.29, 1.82) is 0 Å². The first-order valence-electron chi connectivity index (χ1n) is 9.07. The minimum absolute atomic E-state index is 0.406. The first kappa shape index (κ1) is 17.6. The van der Waals surface area contributed by atoms with E-state index in [1.165, 1.54) is 19.4 Å². The molecule has 6 nitrogen and oxygen atoms in total. The normalized spacial score (nSPS) is 26.5. The van der Waals surface area contributed by atoms with Gasteiger partial charge in [-0.3, -0.25) is 4.90 Å². The first-order chi connectivity index (χ1) is 11.7. The fourth-order valence-corrected chi connectivity index (χ4v) is 3.84. The zero-order valence-corrected chi connectivity index (χ0v) is 15.2. The predicted octanol–water partition coefficient (Wildman–Crippen LogP) is 2.33. The second-order valence-corrected chi connectivity index (χ2v) is 7.22. The molecule has 1 aromatic heterocycles. The van der Waals surface area contributed by atoms with Gasteiger partial charge in [-0.1, -0.05) is 23.7 Å². The average molecular weight is 334 g/mol. The monoisotopic (exact) mass is 334 g/mol. The van der Waals surface area contributed by atoms with Crippen molar-refractivity contribution in [2.75, 3.05) is 39.8 Å². The van der Waals surface area contributed by atoms with Crippen molar-refractivity contribution >= 4 is 0 Å². The molecule has 0 saturated carbocycles. The summed E-state index contributed by atoms with van der Waals surface area (Å²) in [6.07, 6.45) is 5.03. The summed E-state index contributed by atoms with van der Waals surface area (Å²) in [7, 11) is 1.64. The van der Waals surface area contributed by atoms with Crippen molar-refractivity contribution in [1.82, 2.24) is 19.9 Å². The Balaban J connectivity index is 1.45. The van der Waals surface area contributed by atoms with Gasteiger partial charge in [0.05, 0.1) is 6.54 Å². The van der Waals surface area contributed by atoms with E-state index in [4.69, 9.17) is 9.26 Å². The number of piperazine rings is 1. The van der Waals surface area contributed by atoms with Gasteiger partial charge in [0, 0.05) is 39.8 Å². The molecule has 0 N–H and O–H groups in total. The van der Waals surface area contributed by atoms with Crippen LogP contribution in [0.15, 0.2) is 16.2 Å². The minimum Gasteiger partial charge on any atom is -0.377 e. The molecule has 0 unspecified atom stereocenters. The van der Waals surface area contributed by atoms with Gasteiger partial charge in [-0.2, -0.15) is 4.98 Å². The second-order valence-electron chi connectivity index (χ2n) is 7.22. The van der Waals surface area contributed by atoms with Gasteiger partial charge in [0.25, 0.3) is 0 Å². The van der Waals surface area contributed by atoms with E-state index >= 15 is 0 Å². The van der Waals surface area contributed by atoms with Crippen LogP contribution in [-0.4, -0.2) is 59.8 Å².